The van der Waals surface area contributed by atoms with Crippen molar-refractivity contribution in [1.82, 2.24) is 9.97 Å². The zero-order valence-corrected chi connectivity index (χ0v) is 35.6. The molecule has 0 fully saturated rings. The normalized spacial score (nSPS) is 12.5. The van der Waals surface area contributed by atoms with Gasteiger partial charge >= 0.3 is 0 Å². The summed E-state index contributed by atoms with van der Waals surface area (Å²) in [5.41, 5.74) is 6.20. The molecule has 5 aromatic rings. The number of aromatic nitrogens is 2. The number of benzene rings is 3. The number of carbonyl (C=O) groups is 1. The monoisotopic (exact) mass is 872 g/mol. The molecule has 0 saturated heterocycles. The van der Waals surface area contributed by atoms with Crippen molar-refractivity contribution in [2.75, 3.05) is 0 Å². The third-order valence-corrected chi connectivity index (χ3v) is 12.8. The molecule has 3 aromatic carbocycles. The molecule has 49 heavy (non-hydrogen) atoms. The van der Waals surface area contributed by atoms with Gasteiger partial charge in [-0.15, -0.1) is 40.1 Å². The SMILES string of the molecule is CCC(CC)C(=O)/C=C(\O)C(CC)CC.Cc1c(CC(C)(C)C)ccc2c1sc1c(-c3[c-]c4ccccc4c([Si](C)(C)C)c3)ncnc12.[Ir]. The molecule has 4 nitrogen and oxygen atoms in total. The average Bonchev–Trinajstić information content (AvgIpc) is 3.42. The maximum Gasteiger partial charge on any atom is 0.162 e. The van der Waals surface area contributed by atoms with E-state index in [0.29, 0.717) is 0 Å². The Hall–Kier alpha value is -2.70. The molecule has 0 spiro atoms. The third kappa shape index (κ3) is 9.55. The van der Waals surface area contributed by atoms with E-state index in [-0.39, 0.29) is 48.9 Å². The summed E-state index contributed by atoms with van der Waals surface area (Å²) < 4.78 is 2.50. The van der Waals surface area contributed by atoms with Gasteiger partial charge in [0.05, 0.1) is 19.3 Å². The van der Waals surface area contributed by atoms with E-state index < -0.39 is 8.07 Å². The van der Waals surface area contributed by atoms with Crippen molar-refractivity contribution < 1.29 is 30.0 Å². The Morgan fingerprint density at radius 3 is 2.14 bits per heavy atom. The molecule has 0 unspecified atom stereocenters. The standard InChI is InChI=1S/C29H31N2SSi.C13H24O2.Ir/c1-18-20(16-29(2,3)4)12-13-23-26-28(32-27(18)23)25(30-17-31-26)21-14-19-10-8-9-11-22(19)24(15-21)33(5,6)7;1-5-10(6-2)12(14)9-13(15)11(7-3)8-4;/h8-13,15,17H,16H2,1-7H3;9-11,14H,5-8H2,1-4H3;/q-1;;/b;12-9-;. The van der Waals surface area contributed by atoms with Gasteiger partial charge in [0.25, 0.3) is 0 Å². The van der Waals surface area contributed by atoms with Crippen LogP contribution in [0.25, 0.3) is 42.3 Å². The van der Waals surface area contributed by atoms with Crippen LogP contribution in [0.1, 0.15) is 85.3 Å². The Morgan fingerprint density at radius 1 is 0.918 bits per heavy atom. The Bertz CT molecular complexity index is 1930. The van der Waals surface area contributed by atoms with Gasteiger partial charge in [-0.3, -0.25) is 9.78 Å². The quantitative estimate of drug-likeness (QED) is 0.0657. The van der Waals surface area contributed by atoms with Gasteiger partial charge in [0.2, 0.25) is 0 Å². The van der Waals surface area contributed by atoms with Crippen LogP contribution in [-0.2, 0) is 31.3 Å². The second-order valence-corrected chi connectivity index (χ2v) is 21.4. The van der Waals surface area contributed by atoms with Crippen LogP contribution in [-0.4, -0.2) is 28.9 Å². The molecule has 0 atom stereocenters. The summed E-state index contributed by atoms with van der Waals surface area (Å²) in [6.45, 7) is 24.5. The van der Waals surface area contributed by atoms with Gasteiger partial charge in [-0.2, -0.15) is 0 Å². The molecule has 265 valence electrons. The Morgan fingerprint density at radius 2 is 1.55 bits per heavy atom. The Labute approximate surface area is 313 Å². The maximum atomic E-state index is 11.7. The van der Waals surface area contributed by atoms with Gasteiger partial charge in [0.1, 0.15) is 6.33 Å². The van der Waals surface area contributed by atoms with Crippen molar-refractivity contribution in [1.29, 1.82) is 0 Å². The van der Waals surface area contributed by atoms with Crippen LogP contribution in [0.4, 0.5) is 0 Å². The molecule has 0 saturated carbocycles. The summed E-state index contributed by atoms with van der Waals surface area (Å²) in [6, 6.07) is 19.2. The van der Waals surface area contributed by atoms with Crippen molar-refractivity contribution in [3.05, 3.63) is 77.8 Å². The van der Waals surface area contributed by atoms with Gasteiger partial charge < -0.3 is 5.11 Å². The number of thiophene rings is 1. The molecule has 7 heteroatoms. The van der Waals surface area contributed by atoms with Gasteiger partial charge in [-0.25, -0.2) is 4.98 Å². The van der Waals surface area contributed by atoms with E-state index in [4.69, 9.17) is 9.97 Å². The molecule has 0 aliphatic carbocycles. The molecular weight excluding hydrogens is 817 g/mol. The predicted octanol–water partition coefficient (Wildman–Crippen LogP) is 11.8. The van der Waals surface area contributed by atoms with Crippen molar-refractivity contribution in [2.24, 2.45) is 17.3 Å². The van der Waals surface area contributed by atoms with Crippen molar-refractivity contribution in [3.8, 4) is 11.3 Å². The van der Waals surface area contributed by atoms with Crippen LogP contribution in [0.3, 0.4) is 0 Å². The summed E-state index contributed by atoms with van der Waals surface area (Å²) in [5.74, 6) is 0.547. The van der Waals surface area contributed by atoms with E-state index in [9.17, 15) is 9.90 Å². The largest absolute Gasteiger partial charge is 0.512 e. The zero-order valence-electron chi connectivity index (χ0n) is 31.4. The van der Waals surface area contributed by atoms with E-state index in [1.165, 1.54) is 43.2 Å². The first-order valence-electron chi connectivity index (χ1n) is 17.7. The topological polar surface area (TPSA) is 63.1 Å². The molecule has 1 radical (unpaired) electrons. The molecule has 2 heterocycles. The van der Waals surface area contributed by atoms with Gasteiger partial charge in [0, 0.05) is 58.5 Å². The van der Waals surface area contributed by atoms with Crippen molar-refractivity contribution in [3.63, 3.8) is 0 Å². The summed E-state index contributed by atoms with van der Waals surface area (Å²) in [6.07, 6.45) is 7.70. The number of aliphatic hydroxyl groups is 1. The number of ketones is 1. The van der Waals surface area contributed by atoms with Crippen LogP contribution in [0.5, 0.6) is 0 Å². The van der Waals surface area contributed by atoms with E-state index in [1.807, 2.05) is 39.0 Å². The van der Waals surface area contributed by atoms with E-state index in [0.717, 1.165) is 53.6 Å². The zero-order chi connectivity index (χ0) is 35.4. The van der Waals surface area contributed by atoms with Crippen LogP contribution in [0, 0.1) is 30.2 Å². The van der Waals surface area contributed by atoms with Gasteiger partial charge in [-0.05, 0) is 55.6 Å². The fourth-order valence-corrected chi connectivity index (χ4v) is 9.41. The third-order valence-electron chi connectivity index (χ3n) is 9.42. The molecule has 0 amide bonds. The maximum absolute atomic E-state index is 11.7. The summed E-state index contributed by atoms with van der Waals surface area (Å²) >= 11 is 1.83. The van der Waals surface area contributed by atoms with Crippen LogP contribution in [0.15, 0.2) is 60.6 Å². The second kappa shape index (κ2) is 17.0. The fourth-order valence-electron chi connectivity index (χ4n) is 6.53. The summed E-state index contributed by atoms with van der Waals surface area (Å²) in [7, 11) is -1.56. The minimum absolute atomic E-state index is 0. The number of aryl methyl sites for hydroxylation is 1. The number of rotatable bonds is 10. The van der Waals surface area contributed by atoms with E-state index >= 15 is 0 Å². The Balaban J connectivity index is 0.000000347. The number of hydrogen-bond donors (Lipinski definition) is 1. The molecule has 1 N–H and O–H groups in total. The first-order chi connectivity index (χ1) is 22.6. The fraction of sp³-hybridized carbons (Fsp3) is 0.452. The number of fused-ring (bicyclic) bond motifs is 4. The van der Waals surface area contributed by atoms with Crippen molar-refractivity contribution >= 4 is 61.5 Å². The first kappa shape index (κ1) is 40.7. The predicted molar refractivity (Wildman–Crippen MR) is 211 cm³/mol. The minimum atomic E-state index is -1.56. The molecule has 0 bridgehead atoms. The minimum Gasteiger partial charge on any atom is -0.512 e. The molecule has 0 aliphatic rings. The second-order valence-electron chi connectivity index (χ2n) is 15.4. The molecule has 2 aromatic heterocycles. The van der Waals surface area contributed by atoms with Gasteiger partial charge in [-0.1, -0.05) is 109 Å². The number of hydrogen-bond acceptors (Lipinski definition) is 5. The van der Waals surface area contributed by atoms with Crippen molar-refractivity contribution in [2.45, 2.75) is 107 Å². The smallest absolute Gasteiger partial charge is 0.162 e. The summed E-state index contributed by atoms with van der Waals surface area (Å²) in [5, 5.41) is 15.0. The number of carbonyl (C=O) groups excluding carboxylic acids is 1. The summed E-state index contributed by atoms with van der Waals surface area (Å²) in [4.78, 5) is 21.2. The molecular formula is C42H55IrN2O2SSi-. The van der Waals surface area contributed by atoms with E-state index in [1.54, 1.807) is 6.33 Å². The van der Waals surface area contributed by atoms with E-state index in [2.05, 4.69) is 95.9 Å². The van der Waals surface area contributed by atoms with Gasteiger partial charge in [0.15, 0.2) is 5.78 Å². The van der Waals surface area contributed by atoms with Crippen LogP contribution < -0.4 is 5.19 Å². The first-order valence-corrected chi connectivity index (χ1v) is 22.0. The Kier molecular flexibility index (Phi) is 14.1. The number of nitrogens with zero attached hydrogens (tertiary/aromatic N) is 2. The van der Waals surface area contributed by atoms with Crippen LogP contribution in [0.2, 0.25) is 19.6 Å². The average molecular weight is 872 g/mol. The number of allylic oxidation sites excluding steroid dienone is 2. The molecule has 0 aliphatic heterocycles. The van der Waals surface area contributed by atoms with Crippen LogP contribution >= 0.6 is 11.3 Å². The molecule has 5 rings (SSSR count). The number of aliphatic hydroxyl groups excluding tert-OH is 1.